The predicted octanol–water partition coefficient (Wildman–Crippen LogP) is 4.51. The van der Waals surface area contributed by atoms with Gasteiger partial charge in [0.05, 0.1) is 11.2 Å². The van der Waals surface area contributed by atoms with Crippen molar-refractivity contribution >= 4 is 7.12 Å². The first kappa shape index (κ1) is 16.3. The minimum Gasteiger partial charge on any atom is -0.403 e. The van der Waals surface area contributed by atoms with Crippen molar-refractivity contribution in [2.75, 3.05) is 0 Å². The van der Waals surface area contributed by atoms with Gasteiger partial charge in [0.2, 0.25) is 0 Å². The van der Waals surface area contributed by atoms with E-state index in [0.29, 0.717) is 5.92 Å². The van der Waals surface area contributed by atoms with E-state index >= 15 is 0 Å². The largest absolute Gasteiger partial charge is 0.458 e. The molecule has 2 nitrogen and oxygen atoms in total. The summed E-state index contributed by atoms with van der Waals surface area (Å²) in [4.78, 5) is 0. The predicted molar refractivity (Wildman–Crippen MR) is 89.3 cm³/mol. The molecule has 0 aliphatic carbocycles. The molecule has 1 fully saturated rings. The molecule has 114 valence electrons. The highest BCUT2D eigenvalue weighted by Crippen LogP contribution is 2.39. The number of hydrogen-bond donors (Lipinski definition) is 0. The van der Waals surface area contributed by atoms with Crippen LogP contribution in [0.5, 0.6) is 0 Å². The van der Waals surface area contributed by atoms with Crippen LogP contribution in [0.1, 0.15) is 39.7 Å². The van der Waals surface area contributed by atoms with Crippen LogP contribution in [0.25, 0.3) is 0 Å². The van der Waals surface area contributed by atoms with Crippen molar-refractivity contribution in [3.8, 4) is 0 Å². The highest BCUT2D eigenvalue weighted by atomic mass is 16.7. The molecule has 0 bridgehead atoms. The van der Waals surface area contributed by atoms with Gasteiger partial charge in [-0.2, -0.15) is 0 Å². The Balaban J connectivity index is 1.87. The fourth-order valence-corrected chi connectivity index (χ4v) is 2.64. The third kappa shape index (κ3) is 3.99. The van der Waals surface area contributed by atoms with Gasteiger partial charge in [-0.3, -0.25) is 0 Å². The van der Waals surface area contributed by atoms with Gasteiger partial charge in [0.25, 0.3) is 0 Å². The van der Waals surface area contributed by atoms with Gasteiger partial charge in [-0.1, -0.05) is 36.4 Å². The molecule has 3 heteroatoms. The summed E-state index contributed by atoms with van der Waals surface area (Å²) in [6, 6.07) is 10.6. The molecule has 0 saturated carbocycles. The van der Waals surface area contributed by atoms with Gasteiger partial charge in [0, 0.05) is 0 Å². The van der Waals surface area contributed by atoms with E-state index in [-0.39, 0.29) is 18.3 Å². The number of rotatable bonds is 6. The second-order valence-electron chi connectivity index (χ2n) is 6.94. The van der Waals surface area contributed by atoms with Gasteiger partial charge >= 0.3 is 7.12 Å². The Labute approximate surface area is 129 Å². The van der Waals surface area contributed by atoms with Crippen LogP contribution in [0, 0.1) is 5.92 Å². The van der Waals surface area contributed by atoms with Crippen LogP contribution < -0.4 is 0 Å². The SMILES string of the molecule is C=CC(CCc1ccccc1)CB1OC(C)(C)C(C)(C)O1. The maximum absolute atomic E-state index is 6.08. The van der Waals surface area contributed by atoms with Gasteiger partial charge in [-0.25, -0.2) is 0 Å². The van der Waals surface area contributed by atoms with Crippen molar-refractivity contribution < 1.29 is 9.31 Å². The molecule has 1 aliphatic rings. The second kappa shape index (κ2) is 6.37. The van der Waals surface area contributed by atoms with Crippen LogP contribution in [-0.2, 0) is 15.7 Å². The minimum absolute atomic E-state index is 0.131. The Kier molecular flexibility index (Phi) is 4.95. The highest BCUT2D eigenvalue weighted by Gasteiger charge is 2.51. The summed E-state index contributed by atoms with van der Waals surface area (Å²) in [6.45, 7) is 12.4. The Hall–Kier alpha value is -1.06. The van der Waals surface area contributed by atoms with E-state index in [9.17, 15) is 0 Å². The molecule has 21 heavy (non-hydrogen) atoms. The summed E-state index contributed by atoms with van der Waals surface area (Å²) in [6.07, 6.45) is 5.06. The summed E-state index contributed by atoms with van der Waals surface area (Å²) in [5.41, 5.74) is 0.879. The molecule has 1 aromatic rings. The van der Waals surface area contributed by atoms with E-state index in [2.05, 4.69) is 64.6 Å². The van der Waals surface area contributed by atoms with Gasteiger partial charge in [0.1, 0.15) is 0 Å². The van der Waals surface area contributed by atoms with Gasteiger partial charge in [-0.15, -0.1) is 6.58 Å². The molecule has 0 N–H and O–H groups in total. The topological polar surface area (TPSA) is 18.5 Å². The molecule has 1 aromatic carbocycles. The second-order valence-corrected chi connectivity index (χ2v) is 6.94. The standard InChI is InChI=1S/C18H27BO2/c1-6-15(12-13-16-10-8-7-9-11-16)14-19-20-17(2,3)18(4,5)21-19/h6-11,15H,1,12-14H2,2-5H3. The van der Waals surface area contributed by atoms with Crippen molar-refractivity contribution in [3.63, 3.8) is 0 Å². The Morgan fingerprint density at radius 2 is 1.67 bits per heavy atom. The third-order valence-electron chi connectivity index (χ3n) is 4.78. The molecule has 2 rings (SSSR count). The van der Waals surface area contributed by atoms with Gasteiger partial charge in [0.15, 0.2) is 0 Å². The van der Waals surface area contributed by atoms with Crippen LogP contribution in [0.3, 0.4) is 0 Å². The first-order valence-electron chi connectivity index (χ1n) is 7.86. The summed E-state index contributed by atoms with van der Waals surface area (Å²) in [7, 11) is -0.131. The average Bonchev–Trinajstić information content (AvgIpc) is 2.63. The number of hydrogen-bond acceptors (Lipinski definition) is 2. The Morgan fingerprint density at radius 1 is 1.10 bits per heavy atom. The van der Waals surface area contributed by atoms with E-state index in [1.807, 2.05) is 6.08 Å². The lowest BCUT2D eigenvalue weighted by atomic mass is 9.75. The monoisotopic (exact) mass is 286 g/mol. The van der Waals surface area contributed by atoms with Crippen LogP contribution >= 0.6 is 0 Å². The molecule has 0 aromatic heterocycles. The highest BCUT2D eigenvalue weighted by molar-refractivity contribution is 6.45. The maximum atomic E-state index is 6.08. The molecule has 1 saturated heterocycles. The molecular formula is C18H27BO2. The average molecular weight is 286 g/mol. The summed E-state index contributed by atoms with van der Waals surface area (Å²) >= 11 is 0. The fourth-order valence-electron chi connectivity index (χ4n) is 2.64. The van der Waals surface area contributed by atoms with E-state index < -0.39 is 0 Å². The number of allylic oxidation sites excluding steroid dienone is 1. The molecule has 1 heterocycles. The quantitative estimate of drug-likeness (QED) is 0.565. The third-order valence-corrected chi connectivity index (χ3v) is 4.78. The van der Waals surface area contributed by atoms with E-state index in [0.717, 1.165) is 19.2 Å². The first-order valence-corrected chi connectivity index (χ1v) is 7.86. The molecule has 0 spiro atoms. The number of aryl methyl sites for hydroxylation is 1. The normalized spacial score (nSPS) is 21.2. The molecule has 1 unspecified atom stereocenters. The van der Waals surface area contributed by atoms with E-state index in [1.54, 1.807) is 0 Å². The summed E-state index contributed by atoms with van der Waals surface area (Å²) in [5, 5.41) is 0. The lowest BCUT2D eigenvalue weighted by Crippen LogP contribution is -2.41. The zero-order chi connectivity index (χ0) is 15.5. The smallest absolute Gasteiger partial charge is 0.403 e. The van der Waals surface area contributed by atoms with Gasteiger partial charge in [-0.05, 0) is 58.3 Å². The van der Waals surface area contributed by atoms with Crippen molar-refractivity contribution in [2.45, 2.75) is 58.1 Å². The summed E-state index contributed by atoms with van der Waals surface area (Å²) < 4.78 is 12.2. The zero-order valence-electron chi connectivity index (χ0n) is 13.8. The van der Waals surface area contributed by atoms with E-state index in [4.69, 9.17) is 9.31 Å². The van der Waals surface area contributed by atoms with Crippen molar-refractivity contribution in [1.29, 1.82) is 0 Å². The molecular weight excluding hydrogens is 259 g/mol. The lowest BCUT2D eigenvalue weighted by Gasteiger charge is -2.32. The van der Waals surface area contributed by atoms with Crippen molar-refractivity contribution in [1.82, 2.24) is 0 Å². The number of benzene rings is 1. The molecule has 0 amide bonds. The molecule has 0 radical (unpaired) electrons. The van der Waals surface area contributed by atoms with Gasteiger partial charge < -0.3 is 9.31 Å². The maximum Gasteiger partial charge on any atom is 0.458 e. The van der Waals surface area contributed by atoms with Crippen LogP contribution in [0.4, 0.5) is 0 Å². The fraction of sp³-hybridized carbons (Fsp3) is 0.556. The van der Waals surface area contributed by atoms with Crippen LogP contribution in [-0.4, -0.2) is 18.3 Å². The Bertz CT molecular complexity index is 451. The first-order chi connectivity index (χ1) is 9.84. The Morgan fingerprint density at radius 3 is 2.19 bits per heavy atom. The minimum atomic E-state index is -0.247. The van der Waals surface area contributed by atoms with Crippen molar-refractivity contribution in [3.05, 3.63) is 48.6 Å². The zero-order valence-corrected chi connectivity index (χ0v) is 13.8. The molecule has 1 aliphatic heterocycles. The summed E-state index contributed by atoms with van der Waals surface area (Å²) in [5.74, 6) is 0.417. The van der Waals surface area contributed by atoms with E-state index in [1.165, 1.54) is 5.56 Å². The van der Waals surface area contributed by atoms with Crippen LogP contribution in [0.15, 0.2) is 43.0 Å². The molecule has 1 atom stereocenters. The lowest BCUT2D eigenvalue weighted by molar-refractivity contribution is 0.00578. The van der Waals surface area contributed by atoms with Crippen LogP contribution in [0.2, 0.25) is 6.32 Å². The van der Waals surface area contributed by atoms with Crippen molar-refractivity contribution in [2.24, 2.45) is 5.92 Å².